The molecule has 0 amide bonds. The molecule has 0 aromatic heterocycles. The molecule has 1 aliphatic heterocycles. The molecule has 0 bridgehead atoms. The molecule has 1 heterocycles. The van der Waals surface area contributed by atoms with Crippen LogP contribution >= 0.6 is 0 Å². The third kappa shape index (κ3) is 6.15. The van der Waals surface area contributed by atoms with Gasteiger partial charge in [0.25, 0.3) is 0 Å². The molecule has 3 aliphatic rings. The lowest BCUT2D eigenvalue weighted by atomic mass is 9.63. The molecule has 8 nitrogen and oxygen atoms in total. The van der Waals surface area contributed by atoms with Gasteiger partial charge in [0.15, 0.2) is 23.1 Å². The maximum Gasteiger partial charge on any atom is 0.339 e. The normalized spacial score (nSPS) is 20.2. The second-order valence-electron chi connectivity index (χ2n) is 13.3. The fraction of sp³-hybridized carbons (Fsp3) is 0.471. The van der Waals surface area contributed by atoms with Gasteiger partial charge in [-0.2, -0.15) is 8.42 Å². The van der Waals surface area contributed by atoms with E-state index in [-0.39, 0.29) is 38.8 Å². The average molecular weight is 608 g/mol. The SMILES string of the molecule is COCCCN1C2=C(C(=O)CC(C)(C)C2)C(c2ccc(OS(=O)(=O)c3ccccc3)c(OC)c2)C2=C1CC(C)(C)CC2=O. The molecule has 0 unspecified atom stereocenters. The fourth-order valence-corrected chi connectivity index (χ4v) is 7.66. The van der Waals surface area contributed by atoms with Crippen molar-refractivity contribution in [3.63, 3.8) is 0 Å². The Hall–Kier alpha value is -3.43. The minimum Gasteiger partial charge on any atom is -0.493 e. The smallest absolute Gasteiger partial charge is 0.339 e. The van der Waals surface area contributed by atoms with E-state index in [2.05, 4.69) is 32.6 Å². The van der Waals surface area contributed by atoms with Crippen molar-refractivity contribution in [1.82, 2.24) is 4.90 Å². The van der Waals surface area contributed by atoms with Crippen LogP contribution in [0, 0.1) is 10.8 Å². The Bertz CT molecular complexity index is 1550. The van der Waals surface area contributed by atoms with Crippen LogP contribution in [0.1, 0.15) is 71.3 Å². The molecule has 0 radical (unpaired) electrons. The minimum absolute atomic E-state index is 0.0254. The van der Waals surface area contributed by atoms with Gasteiger partial charge in [-0.05, 0) is 59.9 Å². The first-order valence-electron chi connectivity index (χ1n) is 14.7. The molecule has 0 spiro atoms. The van der Waals surface area contributed by atoms with E-state index in [0.717, 1.165) is 17.8 Å². The lowest BCUT2D eigenvalue weighted by Crippen LogP contribution is -2.44. The average Bonchev–Trinajstić information content (AvgIpc) is 2.92. The van der Waals surface area contributed by atoms with Crippen molar-refractivity contribution in [2.75, 3.05) is 27.4 Å². The Labute approximate surface area is 254 Å². The van der Waals surface area contributed by atoms with Crippen LogP contribution in [0.4, 0.5) is 0 Å². The molecule has 230 valence electrons. The van der Waals surface area contributed by atoms with Gasteiger partial charge >= 0.3 is 10.1 Å². The molecule has 0 saturated carbocycles. The molecular formula is C34H41NO7S. The summed E-state index contributed by atoms with van der Waals surface area (Å²) in [5.41, 5.74) is 3.47. The number of allylic oxidation sites excluding steroid dienone is 4. The number of hydrogen-bond donors (Lipinski definition) is 0. The Morgan fingerprint density at radius 1 is 0.814 bits per heavy atom. The zero-order valence-corrected chi connectivity index (χ0v) is 26.7. The summed E-state index contributed by atoms with van der Waals surface area (Å²) >= 11 is 0. The van der Waals surface area contributed by atoms with E-state index in [1.807, 2.05) is 0 Å². The standard InChI is InChI=1S/C34H41NO7S/c1-33(2)18-24-31(26(36)20-33)30(32-25(35(24)15-10-16-40-5)19-34(3,4)21-27(32)37)22-13-14-28(29(17-22)41-6)42-43(38,39)23-11-8-7-9-12-23/h7-9,11-14,17,30H,10,15-16,18-21H2,1-6H3. The minimum atomic E-state index is -4.11. The number of ether oxygens (including phenoxy) is 2. The molecule has 43 heavy (non-hydrogen) atoms. The van der Waals surface area contributed by atoms with Crippen molar-refractivity contribution in [3.8, 4) is 11.5 Å². The molecule has 0 N–H and O–H groups in total. The summed E-state index contributed by atoms with van der Waals surface area (Å²) in [4.78, 5) is 30.3. The number of carbonyl (C=O) groups is 2. The van der Waals surface area contributed by atoms with Crippen LogP contribution in [-0.2, 0) is 24.4 Å². The van der Waals surface area contributed by atoms with Gasteiger partial charge in [-0.1, -0.05) is 52.0 Å². The highest BCUT2D eigenvalue weighted by molar-refractivity contribution is 7.87. The predicted molar refractivity (Wildman–Crippen MR) is 163 cm³/mol. The van der Waals surface area contributed by atoms with Gasteiger partial charge in [-0.15, -0.1) is 0 Å². The van der Waals surface area contributed by atoms with Crippen molar-refractivity contribution in [2.45, 2.75) is 70.6 Å². The van der Waals surface area contributed by atoms with Gasteiger partial charge in [-0.3, -0.25) is 9.59 Å². The second kappa shape index (κ2) is 11.6. The summed E-state index contributed by atoms with van der Waals surface area (Å²) in [5, 5.41) is 0. The predicted octanol–water partition coefficient (Wildman–Crippen LogP) is 6.19. The Morgan fingerprint density at radius 3 is 1.93 bits per heavy atom. The number of carbonyl (C=O) groups excluding carboxylic acids is 2. The summed E-state index contributed by atoms with van der Waals surface area (Å²) in [5.74, 6) is -0.283. The molecular weight excluding hydrogens is 566 g/mol. The highest BCUT2D eigenvalue weighted by Crippen LogP contribution is 2.55. The Balaban J connectivity index is 1.65. The van der Waals surface area contributed by atoms with Gasteiger partial charge in [0.2, 0.25) is 0 Å². The number of rotatable bonds is 9. The summed E-state index contributed by atoms with van der Waals surface area (Å²) in [6.07, 6.45) is 2.93. The molecule has 0 atom stereocenters. The monoisotopic (exact) mass is 607 g/mol. The van der Waals surface area contributed by atoms with Crippen molar-refractivity contribution < 1.29 is 31.7 Å². The summed E-state index contributed by atoms with van der Waals surface area (Å²) in [6.45, 7) is 9.67. The van der Waals surface area contributed by atoms with Gasteiger partial charge in [0.1, 0.15) is 4.90 Å². The first-order chi connectivity index (χ1) is 20.3. The number of ketones is 2. The third-order valence-electron chi connectivity index (χ3n) is 8.50. The summed E-state index contributed by atoms with van der Waals surface area (Å²) in [7, 11) is -0.991. The Morgan fingerprint density at radius 2 is 1.40 bits per heavy atom. The molecule has 2 aromatic rings. The Kier molecular flexibility index (Phi) is 8.35. The quantitative estimate of drug-likeness (QED) is 0.246. The van der Waals surface area contributed by atoms with Crippen molar-refractivity contribution in [3.05, 3.63) is 76.6 Å². The van der Waals surface area contributed by atoms with Gasteiger partial charge < -0.3 is 18.6 Å². The van der Waals surface area contributed by atoms with Gasteiger partial charge in [-0.25, -0.2) is 0 Å². The van der Waals surface area contributed by atoms with Crippen molar-refractivity contribution >= 4 is 21.7 Å². The fourth-order valence-electron chi connectivity index (χ4n) is 6.70. The van der Waals surface area contributed by atoms with E-state index in [1.165, 1.54) is 19.2 Å². The molecule has 2 aliphatic carbocycles. The van der Waals surface area contributed by atoms with Crippen molar-refractivity contribution in [2.24, 2.45) is 10.8 Å². The van der Waals surface area contributed by atoms with Crippen LogP contribution in [-0.4, -0.2) is 52.3 Å². The van der Waals surface area contributed by atoms with Gasteiger partial charge in [0, 0.05) is 61.6 Å². The first kappa shape index (κ1) is 31.0. The summed E-state index contributed by atoms with van der Waals surface area (Å²) < 4.78 is 42.5. The number of Topliss-reactive ketones (excluding diaryl/α,β-unsaturated/α-hetero) is 2. The zero-order chi connectivity index (χ0) is 31.2. The largest absolute Gasteiger partial charge is 0.493 e. The van der Waals surface area contributed by atoms with Crippen LogP contribution in [0.3, 0.4) is 0 Å². The molecule has 5 rings (SSSR count). The third-order valence-corrected chi connectivity index (χ3v) is 9.75. The van der Waals surface area contributed by atoms with Crippen molar-refractivity contribution in [1.29, 1.82) is 0 Å². The first-order valence-corrected chi connectivity index (χ1v) is 16.1. The molecule has 2 aromatic carbocycles. The molecule has 0 saturated heterocycles. The highest BCUT2D eigenvalue weighted by atomic mass is 32.2. The van der Waals surface area contributed by atoms with Crippen LogP contribution in [0.25, 0.3) is 0 Å². The van der Waals surface area contributed by atoms with Crippen LogP contribution in [0.15, 0.2) is 76.0 Å². The lowest BCUT2D eigenvalue weighted by molar-refractivity contribution is -0.119. The van der Waals surface area contributed by atoms with E-state index in [9.17, 15) is 18.0 Å². The summed E-state index contributed by atoms with van der Waals surface area (Å²) in [6, 6.07) is 12.9. The molecule has 0 fully saturated rings. The topological polar surface area (TPSA) is 99.2 Å². The van der Waals surface area contributed by atoms with Crippen LogP contribution in [0.5, 0.6) is 11.5 Å². The van der Waals surface area contributed by atoms with Crippen LogP contribution in [0.2, 0.25) is 0 Å². The van der Waals surface area contributed by atoms with E-state index in [1.54, 1.807) is 43.5 Å². The number of hydrogen-bond acceptors (Lipinski definition) is 8. The van der Waals surface area contributed by atoms with E-state index in [0.29, 0.717) is 55.5 Å². The van der Waals surface area contributed by atoms with E-state index >= 15 is 0 Å². The lowest BCUT2D eigenvalue weighted by Gasteiger charge is -2.49. The molecule has 9 heteroatoms. The number of methoxy groups -OCH3 is 2. The maximum absolute atomic E-state index is 14.0. The maximum atomic E-state index is 14.0. The van der Waals surface area contributed by atoms with Gasteiger partial charge in [0.05, 0.1) is 7.11 Å². The van der Waals surface area contributed by atoms with E-state index in [4.69, 9.17) is 13.7 Å². The van der Waals surface area contributed by atoms with Crippen LogP contribution < -0.4 is 8.92 Å². The zero-order valence-electron chi connectivity index (χ0n) is 25.9. The second-order valence-corrected chi connectivity index (χ2v) is 14.8. The van der Waals surface area contributed by atoms with E-state index < -0.39 is 16.0 Å². The highest BCUT2D eigenvalue weighted by Gasteiger charge is 2.49. The number of nitrogens with zero attached hydrogens (tertiary/aromatic N) is 1. The number of benzene rings is 2.